The summed E-state index contributed by atoms with van der Waals surface area (Å²) in [6.45, 7) is 0. The zero-order valence-corrected chi connectivity index (χ0v) is 6.95. The second kappa shape index (κ2) is 3.82. The van der Waals surface area contributed by atoms with Crippen molar-refractivity contribution in [1.82, 2.24) is 0 Å². The van der Waals surface area contributed by atoms with E-state index in [1.54, 1.807) is 6.08 Å². The normalized spacial score (nSPS) is 22.2. The van der Waals surface area contributed by atoms with Crippen LogP contribution >= 0.6 is 0 Å². The third-order valence-electron chi connectivity index (χ3n) is 1.89. The molecule has 3 heteroatoms. The second-order valence-electron chi connectivity index (χ2n) is 2.65. The molecule has 0 aromatic heterocycles. The fraction of sp³-hybridized carbons (Fsp3) is 0.444. The van der Waals surface area contributed by atoms with Crippen LogP contribution in [0.4, 0.5) is 0 Å². The molecule has 0 fully saturated rings. The molecule has 0 radical (unpaired) electrons. The average molecular weight is 165 g/mol. The lowest BCUT2D eigenvalue weighted by molar-refractivity contribution is 0.236. The Bertz CT molecular complexity index is 260. The summed E-state index contributed by atoms with van der Waals surface area (Å²) in [6, 6.07) is 2.03. The van der Waals surface area contributed by atoms with Gasteiger partial charge < -0.3 is 9.84 Å². The van der Waals surface area contributed by atoms with Crippen molar-refractivity contribution in [3.8, 4) is 6.07 Å². The van der Waals surface area contributed by atoms with Gasteiger partial charge in [0.1, 0.15) is 5.76 Å². The van der Waals surface area contributed by atoms with Crippen LogP contribution in [0.15, 0.2) is 23.7 Å². The van der Waals surface area contributed by atoms with E-state index in [9.17, 15) is 5.11 Å². The molecule has 1 rings (SSSR count). The van der Waals surface area contributed by atoms with Gasteiger partial charge in [0.2, 0.25) is 0 Å². The maximum Gasteiger partial charge on any atom is 0.156 e. The number of aliphatic hydroxyl groups excluding tert-OH is 1. The molecule has 1 atom stereocenters. The first-order valence-electron chi connectivity index (χ1n) is 3.80. The minimum Gasteiger partial charge on any atom is -0.508 e. The largest absolute Gasteiger partial charge is 0.508 e. The molecule has 1 aliphatic carbocycles. The van der Waals surface area contributed by atoms with E-state index < -0.39 is 0 Å². The zero-order valence-electron chi connectivity index (χ0n) is 6.95. The molecule has 0 aromatic rings. The van der Waals surface area contributed by atoms with Gasteiger partial charge in [-0.3, -0.25) is 0 Å². The van der Waals surface area contributed by atoms with Crippen LogP contribution in [0.3, 0.4) is 0 Å². The van der Waals surface area contributed by atoms with Crippen molar-refractivity contribution >= 4 is 0 Å². The number of aliphatic hydroxyl groups is 1. The molecular formula is C9H11NO2. The molecule has 0 saturated heterocycles. The van der Waals surface area contributed by atoms with E-state index in [1.165, 1.54) is 7.11 Å². The molecule has 0 bridgehead atoms. The molecule has 0 amide bonds. The number of rotatable bonds is 2. The number of nitriles is 1. The van der Waals surface area contributed by atoms with Crippen LogP contribution in [0.1, 0.15) is 12.8 Å². The first-order valence-corrected chi connectivity index (χ1v) is 3.80. The van der Waals surface area contributed by atoms with E-state index in [0.717, 1.165) is 0 Å². The van der Waals surface area contributed by atoms with E-state index in [0.29, 0.717) is 18.6 Å². The summed E-state index contributed by atoms with van der Waals surface area (Å²) >= 11 is 0. The van der Waals surface area contributed by atoms with Crippen LogP contribution in [0.5, 0.6) is 0 Å². The fourth-order valence-electron chi connectivity index (χ4n) is 1.20. The third kappa shape index (κ3) is 1.59. The first kappa shape index (κ1) is 8.66. The predicted molar refractivity (Wildman–Crippen MR) is 44.1 cm³/mol. The molecule has 0 spiro atoms. The Morgan fingerprint density at radius 1 is 1.83 bits per heavy atom. The Kier molecular flexibility index (Phi) is 2.76. The highest BCUT2D eigenvalue weighted by atomic mass is 16.5. The van der Waals surface area contributed by atoms with Crippen molar-refractivity contribution < 1.29 is 9.84 Å². The van der Waals surface area contributed by atoms with Gasteiger partial charge in [-0.05, 0) is 12.5 Å². The second-order valence-corrected chi connectivity index (χ2v) is 2.65. The highest BCUT2D eigenvalue weighted by Crippen LogP contribution is 2.25. The average Bonchev–Trinajstić information content (AvgIpc) is 2.09. The Labute approximate surface area is 71.6 Å². The van der Waals surface area contributed by atoms with Crippen LogP contribution in [-0.4, -0.2) is 12.2 Å². The minimum absolute atomic E-state index is 0.0880. The summed E-state index contributed by atoms with van der Waals surface area (Å²) in [5, 5.41) is 18.0. The monoisotopic (exact) mass is 165 g/mol. The molecular weight excluding hydrogens is 154 g/mol. The van der Waals surface area contributed by atoms with Gasteiger partial charge in [0.25, 0.3) is 0 Å². The molecule has 1 aliphatic rings. The third-order valence-corrected chi connectivity index (χ3v) is 1.89. The number of nitrogens with zero attached hydrogens (tertiary/aromatic N) is 1. The number of methoxy groups -OCH3 is 1. The van der Waals surface area contributed by atoms with Gasteiger partial charge in [-0.15, -0.1) is 0 Å². The summed E-state index contributed by atoms with van der Waals surface area (Å²) < 4.78 is 4.91. The first-order chi connectivity index (χ1) is 5.79. The summed E-state index contributed by atoms with van der Waals surface area (Å²) in [5.41, 5.74) is 0. The molecule has 1 unspecified atom stereocenters. The summed E-state index contributed by atoms with van der Waals surface area (Å²) in [7, 11) is 1.50. The standard InChI is InChI=1S/C9H11NO2/c1-12-8-4-2-3-7(5-6-10)9(8)11/h2,4,7,11H,3,5H2,1H3. The van der Waals surface area contributed by atoms with E-state index >= 15 is 0 Å². The highest BCUT2D eigenvalue weighted by molar-refractivity contribution is 5.23. The lowest BCUT2D eigenvalue weighted by atomic mass is 9.95. The maximum absolute atomic E-state index is 9.51. The quantitative estimate of drug-likeness (QED) is 0.679. The topological polar surface area (TPSA) is 53.2 Å². The van der Waals surface area contributed by atoms with Crippen molar-refractivity contribution in [1.29, 1.82) is 5.26 Å². The van der Waals surface area contributed by atoms with Gasteiger partial charge in [-0.1, -0.05) is 6.08 Å². The minimum atomic E-state index is -0.0880. The molecule has 0 aliphatic heterocycles. The number of hydrogen-bond acceptors (Lipinski definition) is 3. The van der Waals surface area contributed by atoms with E-state index in [1.807, 2.05) is 12.1 Å². The molecule has 0 saturated carbocycles. The van der Waals surface area contributed by atoms with Crippen molar-refractivity contribution in [3.63, 3.8) is 0 Å². The fourth-order valence-corrected chi connectivity index (χ4v) is 1.20. The smallest absolute Gasteiger partial charge is 0.156 e. The molecule has 0 heterocycles. The van der Waals surface area contributed by atoms with E-state index in [-0.39, 0.29) is 11.7 Å². The van der Waals surface area contributed by atoms with Crippen molar-refractivity contribution in [2.75, 3.05) is 7.11 Å². The lowest BCUT2D eigenvalue weighted by Crippen LogP contribution is -2.09. The molecule has 1 N–H and O–H groups in total. The summed E-state index contributed by atoms with van der Waals surface area (Å²) in [6.07, 6.45) is 4.68. The van der Waals surface area contributed by atoms with E-state index in [4.69, 9.17) is 10.00 Å². The molecule has 12 heavy (non-hydrogen) atoms. The Balaban J connectivity index is 2.77. The molecule has 0 aromatic carbocycles. The van der Waals surface area contributed by atoms with Gasteiger partial charge in [0, 0.05) is 12.3 Å². The van der Waals surface area contributed by atoms with Crippen LogP contribution in [0.25, 0.3) is 0 Å². The lowest BCUT2D eigenvalue weighted by Gasteiger charge is -2.17. The van der Waals surface area contributed by atoms with E-state index in [2.05, 4.69) is 0 Å². The molecule has 64 valence electrons. The summed E-state index contributed by atoms with van der Waals surface area (Å²) in [4.78, 5) is 0. The van der Waals surface area contributed by atoms with Crippen molar-refractivity contribution in [3.05, 3.63) is 23.7 Å². The van der Waals surface area contributed by atoms with Gasteiger partial charge >= 0.3 is 0 Å². The van der Waals surface area contributed by atoms with Crippen LogP contribution in [0.2, 0.25) is 0 Å². The van der Waals surface area contributed by atoms with Crippen LogP contribution < -0.4 is 0 Å². The van der Waals surface area contributed by atoms with Crippen LogP contribution in [-0.2, 0) is 4.74 Å². The number of hydrogen-bond donors (Lipinski definition) is 1. The molecule has 3 nitrogen and oxygen atoms in total. The SMILES string of the molecule is COC1=C(O)C(CC#N)CC=C1. The van der Waals surface area contributed by atoms with Gasteiger partial charge in [-0.25, -0.2) is 0 Å². The zero-order chi connectivity index (χ0) is 8.97. The summed E-state index contributed by atoms with van der Waals surface area (Å²) in [5.74, 6) is 0.581. The Morgan fingerprint density at radius 2 is 2.58 bits per heavy atom. The number of ether oxygens (including phenoxy) is 1. The van der Waals surface area contributed by atoms with Gasteiger partial charge in [0.15, 0.2) is 5.76 Å². The van der Waals surface area contributed by atoms with Gasteiger partial charge in [0.05, 0.1) is 13.2 Å². The van der Waals surface area contributed by atoms with Gasteiger partial charge in [-0.2, -0.15) is 5.26 Å². The Morgan fingerprint density at radius 3 is 3.17 bits per heavy atom. The van der Waals surface area contributed by atoms with Crippen LogP contribution in [0, 0.1) is 17.2 Å². The maximum atomic E-state index is 9.51. The van der Waals surface area contributed by atoms with Crippen molar-refractivity contribution in [2.24, 2.45) is 5.92 Å². The Hall–Kier alpha value is -1.43. The predicted octanol–water partition coefficient (Wildman–Crippen LogP) is 1.89. The van der Waals surface area contributed by atoms with Crippen molar-refractivity contribution in [2.45, 2.75) is 12.8 Å². The number of allylic oxidation sites excluding steroid dienone is 3. The highest BCUT2D eigenvalue weighted by Gasteiger charge is 2.19.